The van der Waals surface area contributed by atoms with Gasteiger partial charge >= 0.3 is 23.0 Å². The van der Waals surface area contributed by atoms with Gasteiger partial charge in [0.05, 0.1) is 5.56 Å². The van der Waals surface area contributed by atoms with E-state index in [4.69, 9.17) is 5.11 Å². The molecule has 3 nitrogen and oxygen atoms in total. The fraction of sp³-hybridized carbons (Fsp3) is 0. The first-order chi connectivity index (χ1) is 8.20. The smallest absolute Gasteiger partial charge is 0.478 e. The summed E-state index contributed by atoms with van der Waals surface area (Å²) < 4.78 is 0. The van der Waals surface area contributed by atoms with E-state index in [-0.39, 0.29) is 34.0 Å². The van der Waals surface area contributed by atoms with Gasteiger partial charge in [-0.05, 0) is 6.07 Å². The summed E-state index contributed by atoms with van der Waals surface area (Å²) in [5.74, 6) is -1.37. The summed E-state index contributed by atoms with van der Waals surface area (Å²) in [5.41, 5.74) is 0.730. The molecule has 0 aliphatic rings. The molecule has 0 saturated heterocycles. The van der Waals surface area contributed by atoms with Crippen LogP contribution >= 0.6 is 0 Å². The zero-order chi connectivity index (χ0) is 12.3. The van der Waals surface area contributed by atoms with Gasteiger partial charge in [-0.3, -0.25) is 4.79 Å². The number of carbonyl (C=O) groups is 2. The minimum atomic E-state index is -1.09. The van der Waals surface area contributed by atoms with Crippen LogP contribution in [0.15, 0.2) is 54.6 Å². The van der Waals surface area contributed by atoms with Crippen LogP contribution in [0.2, 0.25) is 0 Å². The Bertz CT molecular complexity index is 564. The molecular weight excluding hydrogens is 280 g/mol. The van der Waals surface area contributed by atoms with E-state index >= 15 is 0 Å². The van der Waals surface area contributed by atoms with Crippen LogP contribution in [0.5, 0.6) is 0 Å². The molecule has 0 atom stereocenters. The predicted molar refractivity (Wildman–Crippen MR) is 63.3 cm³/mol. The summed E-state index contributed by atoms with van der Waals surface area (Å²) in [7, 11) is 0. The van der Waals surface area contributed by atoms with Crippen LogP contribution in [0.4, 0.5) is 0 Å². The summed E-state index contributed by atoms with van der Waals surface area (Å²) in [5, 5.41) is 9.01. The number of carboxylic acids is 1. The van der Waals surface area contributed by atoms with Crippen molar-refractivity contribution in [1.82, 2.24) is 0 Å². The van der Waals surface area contributed by atoms with Crippen molar-refractivity contribution in [3.63, 3.8) is 0 Å². The molecule has 0 bridgehead atoms. The largest absolute Gasteiger partial charge is 2.00 e. The topological polar surface area (TPSA) is 54.4 Å². The number of rotatable bonds is 3. The van der Waals surface area contributed by atoms with Gasteiger partial charge in [-0.15, -0.1) is 0 Å². The summed E-state index contributed by atoms with van der Waals surface area (Å²) in [6, 6.07) is 14.8. The molecule has 2 rings (SSSR count). The van der Waals surface area contributed by atoms with Crippen LogP contribution < -0.4 is 0 Å². The molecule has 1 radical (unpaired) electrons. The van der Waals surface area contributed by atoms with Gasteiger partial charge in [0.1, 0.15) is 0 Å². The molecule has 0 aliphatic heterocycles. The van der Waals surface area contributed by atoms with Gasteiger partial charge in [-0.2, -0.15) is 0 Å². The molecule has 2 aromatic rings. The molecule has 4 heteroatoms. The second-order valence-corrected chi connectivity index (χ2v) is 3.55. The molecule has 0 aliphatic carbocycles. The van der Waals surface area contributed by atoms with Gasteiger partial charge in [-0.1, -0.05) is 48.5 Å². The Morgan fingerprint density at radius 1 is 0.778 bits per heavy atom. The zero-order valence-corrected chi connectivity index (χ0v) is 10.2. The number of ketones is 1. The van der Waals surface area contributed by atoms with Gasteiger partial charge in [0.25, 0.3) is 0 Å². The Balaban J connectivity index is 0.00000162. The van der Waals surface area contributed by atoms with Gasteiger partial charge in [0.15, 0.2) is 5.78 Å². The van der Waals surface area contributed by atoms with Crippen molar-refractivity contribution in [2.75, 3.05) is 0 Å². The first-order valence-electron chi connectivity index (χ1n) is 5.12. The third kappa shape index (κ3) is 2.86. The van der Waals surface area contributed by atoms with Crippen LogP contribution in [-0.2, 0) is 17.1 Å². The second kappa shape index (κ2) is 6.15. The van der Waals surface area contributed by atoms with Crippen molar-refractivity contribution in [2.24, 2.45) is 0 Å². The fourth-order valence-corrected chi connectivity index (χ4v) is 1.61. The van der Waals surface area contributed by atoms with Crippen molar-refractivity contribution in [2.45, 2.75) is 0 Å². The molecule has 2 aromatic carbocycles. The summed E-state index contributed by atoms with van der Waals surface area (Å²) in [6.07, 6.45) is 0. The quantitative estimate of drug-likeness (QED) is 0.698. The van der Waals surface area contributed by atoms with Gasteiger partial charge in [0, 0.05) is 11.1 Å². The Morgan fingerprint density at radius 2 is 1.28 bits per heavy atom. The minimum absolute atomic E-state index is 0. The first kappa shape index (κ1) is 14.2. The Kier molecular flexibility index (Phi) is 4.84. The molecule has 0 amide bonds. The Labute approximate surface area is 115 Å². The molecule has 0 aromatic heterocycles. The molecule has 0 spiro atoms. The fourth-order valence-electron chi connectivity index (χ4n) is 1.61. The van der Waals surface area contributed by atoms with E-state index < -0.39 is 5.97 Å². The maximum Gasteiger partial charge on any atom is 2.00 e. The van der Waals surface area contributed by atoms with E-state index in [2.05, 4.69) is 0 Å². The van der Waals surface area contributed by atoms with E-state index in [0.29, 0.717) is 5.56 Å². The molecule has 93 valence electrons. The third-order valence-corrected chi connectivity index (χ3v) is 2.44. The molecule has 18 heavy (non-hydrogen) atoms. The van der Waals surface area contributed by atoms with Crippen LogP contribution in [0.25, 0.3) is 0 Å². The van der Waals surface area contributed by atoms with E-state index in [0.717, 1.165) is 0 Å². The molecular formula is C14H10CuO3+2. The summed E-state index contributed by atoms with van der Waals surface area (Å²) >= 11 is 0. The van der Waals surface area contributed by atoms with Gasteiger partial charge in [0.2, 0.25) is 0 Å². The average Bonchev–Trinajstić information content (AvgIpc) is 2.39. The maximum atomic E-state index is 12.1. The van der Waals surface area contributed by atoms with Crippen LogP contribution in [-0.4, -0.2) is 16.9 Å². The van der Waals surface area contributed by atoms with E-state index in [9.17, 15) is 9.59 Å². The molecule has 0 saturated carbocycles. The monoisotopic (exact) mass is 289 g/mol. The number of carboxylic acid groups (broad SMARTS) is 1. The SMILES string of the molecule is O=C(O)c1ccccc1C(=O)c1ccccc1.[Cu+2]. The number of hydrogen-bond donors (Lipinski definition) is 1. The number of carbonyl (C=O) groups excluding carboxylic acids is 1. The Morgan fingerprint density at radius 3 is 1.83 bits per heavy atom. The second-order valence-electron chi connectivity index (χ2n) is 3.55. The third-order valence-electron chi connectivity index (χ3n) is 2.44. The zero-order valence-electron chi connectivity index (χ0n) is 9.26. The Hall–Kier alpha value is -1.90. The van der Waals surface area contributed by atoms with Crippen molar-refractivity contribution >= 4 is 11.8 Å². The van der Waals surface area contributed by atoms with E-state index in [1.807, 2.05) is 0 Å². The number of hydrogen-bond acceptors (Lipinski definition) is 2. The van der Waals surface area contributed by atoms with Gasteiger partial charge < -0.3 is 5.11 Å². The number of aromatic carboxylic acids is 1. The van der Waals surface area contributed by atoms with E-state index in [1.165, 1.54) is 12.1 Å². The van der Waals surface area contributed by atoms with Crippen molar-refractivity contribution in [1.29, 1.82) is 0 Å². The van der Waals surface area contributed by atoms with Crippen molar-refractivity contribution in [3.8, 4) is 0 Å². The molecule has 1 N–H and O–H groups in total. The predicted octanol–water partition coefficient (Wildman–Crippen LogP) is 2.61. The van der Waals surface area contributed by atoms with Crippen molar-refractivity contribution in [3.05, 3.63) is 71.3 Å². The minimum Gasteiger partial charge on any atom is -0.478 e. The number of benzene rings is 2. The summed E-state index contributed by atoms with van der Waals surface area (Å²) in [4.78, 5) is 23.1. The molecule has 0 fully saturated rings. The molecule has 0 unspecified atom stereocenters. The van der Waals surface area contributed by atoms with Crippen LogP contribution in [0.3, 0.4) is 0 Å². The van der Waals surface area contributed by atoms with Crippen LogP contribution in [0, 0.1) is 0 Å². The molecule has 0 heterocycles. The summed E-state index contributed by atoms with van der Waals surface area (Å²) in [6.45, 7) is 0. The van der Waals surface area contributed by atoms with Crippen molar-refractivity contribution < 1.29 is 31.8 Å². The first-order valence-corrected chi connectivity index (χ1v) is 5.12. The van der Waals surface area contributed by atoms with Crippen LogP contribution in [0.1, 0.15) is 26.3 Å². The van der Waals surface area contributed by atoms with E-state index in [1.54, 1.807) is 42.5 Å². The maximum absolute atomic E-state index is 12.1. The van der Waals surface area contributed by atoms with Gasteiger partial charge in [-0.25, -0.2) is 4.79 Å². The standard InChI is InChI=1S/C14H10O3.Cu/c15-13(10-6-2-1-3-7-10)11-8-4-5-9-12(11)14(16)17;/h1-9H,(H,16,17);/q;+2. The average molecular weight is 290 g/mol. The normalized spacial score (nSPS) is 9.33.